The number of imidazole rings is 1. The van der Waals surface area contributed by atoms with E-state index in [1.54, 1.807) is 12.4 Å². The predicted octanol–water partition coefficient (Wildman–Crippen LogP) is 1.80. The molecule has 0 aliphatic carbocycles. The molecule has 6 nitrogen and oxygen atoms in total. The predicted molar refractivity (Wildman–Crippen MR) is 65.1 cm³/mol. The number of aryl methyl sites for hydroxylation is 2. The number of nitrogens with zero attached hydrogens (tertiary/aromatic N) is 5. The summed E-state index contributed by atoms with van der Waals surface area (Å²) < 4.78 is 6.76. The van der Waals surface area contributed by atoms with Gasteiger partial charge < -0.3 is 9.09 Å². The van der Waals surface area contributed by atoms with Crippen LogP contribution in [-0.4, -0.2) is 24.7 Å². The van der Waals surface area contributed by atoms with Crippen molar-refractivity contribution in [2.24, 2.45) is 0 Å². The maximum atomic E-state index is 5.91. The van der Waals surface area contributed by atoms with Crippen LogP contribution in [0.15, 0.2) is 29.4 Å². The van der Waals surface area contributed by atoms with Crippen LogP contribution in [0.3, 0.4) is 0 Å². The number of aromatic nitrogens is 5. The fourth-order valence-corrected chi connectivity index (χ4v) is 2.10. The maximum Gasteiger partial charge on any atom is 0.213 e. The van der Waals surface area contributed by atoms with Gasteiger partial charge in [0.2, 0.25) is 6.39 Å². The summed E-state index contributed by atoms with van der Waals surface area (Å²) in [6.45, 7) is 0.710. The molecule has 0 saturated heterocycles. The van der Waals surface area contributed by atoms with Gasteiger partial charge in [0.05, 0.1) is 17.6 Å². The Bertz CT molecular complexity index is 649. The van der Waals surface area contributed by atoms with Gasteiger partial charge in [-0.05, 0) is 6.07 Å². The number of halogens is 1. The highest BCUT2D eigenvalue weighted by Gasteiger charge is 2.10. The van der Waals surface area contributed by atoms with Crippen LogP contribution in [0, 0.1) is 0 Å². The van der Waals surface area contributed by atoms with E-state index in [1.165, 1.54) is 6.39 Å². The summed E-state index contributed by atoms with van der Waals surface area (Å²) in [7, 11) is 0. The third-order valence-corrected chi connectivity index (χ3v) is 2.95. The molecule has 0 aromatic carbocycles. The van der Waals surface area contributed by atoms with E-state index in [2.05, 4.69) is 24.7 Å². The van der Waals surface area contributed by atoms with Crippen LogP contribution in [-0.2, 0) is 18.8 Å². The lowest BCUT2D eigenvalue weighted by Crippen LogP contribution is -2.06. The second-order valence-corrected chi connectivity index (χ2v) is 4.04. The zero-order valence-corrected chi connectivity index (χ0v) is 10.2. The van der Waals surface area contributed by atoms with E-state index >= 15 is 0 Å². The van der Waals surface area contributed by atoms with Gasteiger partial charge in [-0.25, -0.2) is 4.98 Å². The van der Waals surface area contributed by atoms with Gasteiger partial charge in [-0.2, -0.15) is 4.98 Å². The van der Waals surface area contributed by atoms with Crippen molar-refractivity contribution >= 4 is 22.6 Å². The van der Waals surface area contributed by atoms with Gasteiger partial charge >= 0.3 is 0 Å². The van der Waals surface area contributed by atoms with Crippen molar-refractivity contribution < 1.29 is 4.52 Å². The lowest BCUT2D eigenvalue weighted by molar-refractivity contribution is 0.408. The number of alkyl halides is 1. The molecule has 7 heteroatoms. The van der Waals surface area contributed by atoms with Crippen LogP contribution >= 0.6 is 11.6 Å². The molecule has 18 heavy (non-hydrogen) atoms. The third kappa shape index (κ3) is 1.95. The molecule has 0 spiro atoms. The molecule has 92 valence electrons. The molecular weight excluding hydrogens is 254 g/mol. The highest BCUT2D eigenvalue weighted by Crippen LogP contribution is 2.16. The first kappa shape index (κ1) is 11.2. The summed E-state index contributed by atoms with van der Waals surface area (Å²) in [4.78, 5) is 12.5. The van der Waals surface area contributed by atoms with E-state index in [-0.39, 0.29) is 0 Å². The largest absolute Gasteiger partial charge is 0.343 e. The van der Waals surface area contributed by atoms with Crippen LogP contribution in [0.25, 0.3) is 11.0 Å². The van der Waals surface area contributed by atoms with Gasteiger partial charge in [0, 0.05) is 19.2 Å². The number of pyridine rings is 1. The zero-order valence-electron chi connectivity index (χ0n) is 9.45. The van der Waals surface area contributed by atoms with E-state index in [9.17, 15) is 0 Å². The summed E-state index contributed by atoms with van der Waals surface area (Å²) in [6.07, 6.45) is 5.48. The van der Waals surface area contributed by atoms with Crippen molar-refractivity contribution in [1.29, 1.82) is 0 Å². The molecule has 0 saturated carbocycles. The van der Waals surface area contributed by atoms with Gasteiger partial charge in [-0.3, -0.25) is 4.98 Å². The second-order valence-electron chi connectivity index (χ2n) is 3.78. The molecule has 0 bridgehead atoms. The molecule has 0 aliphatic heterocycles. The Labute approximate surface area is 108 Å². The number of rotatable bonds is 4. The molecule has 0 fully saturated rings. The molecule has 0 unspecified atom stereocenters. The van der Waals surface area contributed by atoms with Gasteiger partial charge in [-0.1, -0.05) is 5.16 Å². The summed E-state index contributed by atoms with van der Waals surface area (Å²) in [6, 6.07) is 1.93. The first-order valence-corrected chi connectivity index (χ1v) is 6.02. The van der Waals surface area contributed by atoms with E-state index in [0.29, 0.717) is 24.7 Å². The minimum atomic E-state index is 0.362. The Hall–Kier alpha value is -1.95. The molecule has 0 amide bonds. The first-order chi connectivity index (χ1) is 8.88. The van der Waals surface area contributed by atoms with Crippen molar-refractivity contribution in [3.63, 3.8) is 0 Å². The minimum Gasteiger partial charge on any atom is -0.343 e. The Morgan fingerprint density at radius 3 is 3.11 bits per heavy atom. The van der Waals surface area contributed by atoms with Gasteiger partial charge in [-0.15, -0.1) is 11.6 Å². The van der Waals surface area contributed by atoms with Gasteiger partial charge in [0.25, 0.3) is 0 Å². The normalized spacial score (nSPS) is 11.2. The van der Waals surface area contributed by atoms with Crippen LogP contribution < -0.4 is 0 Å². The molecular formula is C11H10ClN5O. The van der Waals surface area contributed by atoms with Gasteiger partial charge in [0.15, 0.2) is 5.82 Å². The Balaban J connectivity index is 1.94. The van der Waals surface area contributed by atoms with E-state index in [1.807, 2.05) is 6.07 Å². The fraction of sp³-hybridized carbons (Fsp3) is 0.273. The molecule has 3 aromatic rings. The zero-order chi connectivity index (χ0) is 12.4. The molecule has 0 N–H and O–H groups in total. The average molecular weight is 264 g/mol. The fourth-order valence-electron chi connectivity index (χ4n) is 1.90. The second kappa shape index (κ2) is 4.73. The molecule has 0 atom stereocenters. The standard InChI is InChI=1S/C11H10ClN5O/c12-5-11-15-8-6-13-3-1-9(8)17(11)4-2-10-14-7-18-16-10/h1,3,6-7H,2,4-5H2. The van der Waals surface area contributed by atoms with Crippen molar-refractivity contribution in [1.82, 2.24) is 24.7 Å². The monoisotopic (exact) mass is 263 g/mol. The molecule has 3 heterocycles. The lowest BCUT2D eigenvalue weighted by Gasteiger charge is -2.05. The van der Waals surface area contributed by atoms with Crippen LogP contribution in [0.5, 0.6) is 0 Å². The topological polar surface area (TPSA) is 69.6 Å². The Morgan fingerprint density at radius 1 is 1.39 bits per heavy atom. The Kier molecular flexibility index (Phi) is 2.93. The summed E-state index contributed by atoms with van der Waals surface area (Å²) in [5.41, 5.74) is 1.87. The van der Waals surface area contributed by atoms with Crippen LogP contribution in [0.1, 0.15) is 11.6 Å². The summed E-state index contributed by atoms with van der Waals surface area (Å²) in [5, 5.41) is 3.79. The molecule has 0 radical (unpaired) electrons. The third-order valence-electron chi connectivity index (χ3n) is 2.72. The smallest absolute Gasteiger partial charge is 0.213 e. The summed E-state index contributed by atoms with van der Waals surface area (Å²) >= 11 is 5.91. The quantitative estimate of drug-likeness (QED) is 0.671. The van der Waals surface area contributed by atoms with Crippen molar-refractivity contribution in [3.8, 4) is 0 Å². The van der Waals surface area contributed by atoms with E-state index in [0.717, 1.165) is 16.9 Å². The highest BCUT2D eigenvalue weighted by molar-refractivity contribution is 6.16. The number of hydrogen-bond acceptors (Lipinski definition) is 5. The van der Waals surface area contributed by atoms with Crippen molar-refractivity contribution in [3.05, 3.63) is 36.5 Å². The molecule has 3 aromatic heterocycles. The number of hydrogen-bond donors (Lipinski definition) is 0. The minimum absolute atomic E-state index is 0.362. The van der Waals surface area contributed by atoms with Crippen LogP contribution in [0.4, 0.5) is 0 Å². The lowest BCUT2D eigenvalue weighted by atomic mass is 10.3. The maximum absolute atomic E-state index is 5.91. The van der Waals surface area contributed by atoms with E-state index < -0.39 is 0 Å². The number of fused-ring (bicyclic) bond motifs is 1. The first-order valence-electron chi connectivity index (χ1n) is 5.49. The molecule has 3 rings (SSSR count). The highest BCUT2D eigenvalue weighted by atomic mass is 35.5. The van der Waals surface area contributed by atoms with Crippen molar-refractivity contribution in [2.75, 3.05) is 0 Å². The van der Waals surface area contributed by atoms with Crippen LogP contribution in [0.2, 0.25) is 0 Å². The SMILES string of the molecule is ClCc1nc2cnccc2n1CCc1ncon1. The Morgan fingerprint density at radius 2 is 2.33 bits per heavy atom. The summed E-state index contributed by atoms with van der Waals surface area (Å²) in [5.74, 6) is 1.86. The average Bonchev–Trinajstić information content (AvgIpc) is 3.03. The van der Waals surface area contributed by atoms with Gasteiger partial charge in [0.1, 0.15) is 11.3 Å². The van der Waals surface area contributed by atoms with E-state index in [4.69, 9.17) is 16.1 Å². The molecule has 0 aliphatic rings. The van der Waals surface area contributed by atoms with Crippen molar-refractivity contribution in [2.45, 2.75) is 18.8 Å².